The maximum absolute atomic E-state index is 13.6. The molecule has 0 N–H and O–H groups in total. The third-order valence-electron chi connectivity index (χ3n) is 6.27. The summed E-state index contributed by atoms with van der Waals surface area (Å²) in [6.45, 7) is 5.61. The number of fused-ring (bicyclic) bond motifs is 2. The maximum Gasteiger partial charge on any atom is 0.268 e. The Morgan fingerprint density at radius 3 is 2.09 bits per heavy atom. The summed E-state index contributed by atoms with van der Waals surface area (Å²) in [5.41, 5.74) is 4.94. The summed E-state index contributed by atoms with van der Waals surface area (Å²) in [6, 6.07) is 15.7. The summed E-state index contributed by atoms with van der Waals surface area (Å²) in [5.74, 6) is -0.482. The van der Waals surface area contributed by atoms with Crippen molar-refractivity contribution in [1.82, 2.24) is 3.97 Å². The maximum atomic E-state index is 13.6. The molecule has 0 bridgehead atoms. The lowest BCUT2D eigenvalue weighted by atomic mass is 9.83. The van der Waals surface area contributed by atoms with Gasteiger partial charge in [-0.15, -0.1) is 0 Å². The standard InChI is InChI=1S/C27H21NO4S/c1-16-8-10-19(11-9-16)33(31,32)28-15-22(20-6-4-5-7-23(20)28)21-14-17(2)18(3)26-24(29)12-13-25(30)27(21)26/h4-15H,1-3H3. The molecule has 4 aromatic rings. The molecule has 0 aliphatic heterocycles. The highest BCUT2D eigenvalue weighted by molar-refractivity contribution is 7.90. The number of nitrogens with zero attached hydrogens (tertiary/aromatic N) is 1. The Morgan fingerprint density at radius 1 is 0.758 bits per heavy atom. The number of ketones is 2. The monoisotopic (exact) mass is 455 g/mol. The number of hydrogen-bond donors (Lipinski definition) is 0. The average Bonchev–Trinajstić information content (AvgIpc) is 3.19. The number of carbonyl (C=O) groups is 2. The largest absolute Gasteiger partial charge is 0.289 e. The Kier molecular flexibility index (Phi) is 4.72. The van der Waals surface area contributed by atoms with Crippen LogP contribution in [-0.2, 0) is 10.0 Å². The van der Waals surface area contributed by atoms with Crippen molar-refractivity contribution in [2.45, 2.75) is 25.7 Å². The molecule has 5 nitrogen and oxygen atoms in total. The fourth-order valence-corrected chi connectivity index (χ4v) is 5.77. The van der Waals surface area contributed by atoms with E-state index in [4.69, 9.17) is 0 Å². The molecular weight excluding hydrogens is 434 g/mol. The number of hydrogen-bond acceptors (Lipinski definition) is 4. The Bertz CT molecular complexity index is 1620. The molecule has 1 aliphatic carbocycles. The van der Waals surface area contributed by atoms with Gasteiger partial charge < -0.3 is 0 Å². The minimum Gasteiger partial charge on any atom is -0.289 e. The summed E-state index contributed by atoms with van der Waals surface area (Å²) in [7, 11) is -3.88. The zero-order valence-corrected chi connectivity index (χ0v) is 19.2. The predicted octanol–water partition coefficient (Wildman–Crippen LogP) is 5.41. The minimum atomic E-state index is -3.88. The molecule has 3 aromatic carbocycles. The Balaban J connectivity index is 1.84. The van der Waals surface area contributed by atoms with Crippen LogP contribution in [0.2, 0.25) is 0 Å². The van der Waals surface area contributed by atoms with E-state index in [-0.39, 0.29) is 16.5 Å². The second-order valence-electron chi connectivity index (χ2n) is 8.35. The molecule has 1 heterocycles. The summed E-state index contributed by atoms with van der Waals surface area (Å²) in [4.78, 5) is 25.8. The highest BCUT2D eigenvalue weighted by Crippen LogP contribution is 2.39. The van der Waals surface area contributed by atoms with Gasteiger partial charge in [0.25, 0.3) is 10.0 Å². The van der Waals surface area contributed by atoms with Gasteiger partial charge >= 0.3 is 0 Å². The molecule has 0 amide bonds. The van der Waals surface area contributed by atoms with E-state index >= 15 is 0 Å². The number of benzene rings is 3. The summed E-state index contributed by atoms with van der Waals surface area (Å²) in [6.07, 6.45) is 4.14. The number of carbonyl (C=O) groups excluding carboxylic acids is 2. The van der Waals surface area contributed by atoms with E-state index in [0.29, 0.717) is 33.2 Å². The zero-order valence-electron chi connectivity index (χ0n) is 18.4. The van der Waals surface area contributed by atoms with Crippen molar-refractivity contribution in [3.63, 3.8) is 0 Å². The Hall–Kier alpha value is -3.77. The topological polar surface area (TPSA) is 73.2 Å². The fourth-order valence-electron chi connectivity index (χ4n) is 4.40. The van der Waals surface area contributed by atoms with E-state index in [0.717, 1.165) is 16.7 Å². The van der Waals surface area contributed by atoms with Gasteiger partial charge in [-0.25, -0.2) is 12.4 Å². The molecule has 0 radical (unpaired) electrons. The third kappa shape index (κ3) is 3.17. The van der Waals surface area contributed by atoms with E-state index in [2.05, 4.69) is 0 Å². The van der Waals surface area contributed by atoms with E-state index < -0.39 is 10.0 Å². The molecule has 33 heavy (non-hydrogen) atoms. The van der Waals surface area contributed by atoms with Gasteiger partial charge in [0.2, 0.25) is 0 Å². The first-order chi connectivity index (χ1) is 15.7. The summed E-state index contributed by atoms with van der Waals surface area (Å²) >= 11 is 0. The van der Waals surface area contributed by atoms with Gasteiger partial charge in [-0.1, -0.05) is 42.0 Å². The van der Waals surface area contributed by atoms with Crippen molar-refractivity contribution in [3.8, 4) is 11.1 Å². The van der Waals surface area contributed by atoms with Crippen molar-refractivity contribution in [1.29, 1.82) is 0 Å². The Morgan fingerprint density at radius 2 is 1.39 bits per heavy atom. The van der Waals surface area contributed by atoms with Crippen LogP contribution in [0.1, 0.15) is 37.4 Å². The van der Waals surface area contributed by atoms with Crippen molar-refractivity contribution < 1.29 is 18.0 Å². The molecule has 0 atom stereocenters. The molecule has 5 rings (SSSR count). The second-order valence-corrected chi connectivity index (χ2v) is 10.2. The molecule has 0 unspecified atom stereocenters. The smallest absolute Gasteiger partial charge is 0.268 e. The van der Waals surface area contributed by atoms with Crippen LogP contribution in [0.3, 0.4) is 0 Å². The van der Waals surface area contributed by atoms with Crippen LogP contribution in [0.5, 0.6) is 0 Å². The number of para-hydroxylation sites is 1. The number of allylic oxidation sites excluding steroid dienone is 2. The number of aryl methyl sites for hydroxylation is 2. The van der Waals surface area contributed by atoms with E-state index in [1.807, 2.05) is 39.0 Å². The summed E-state index contributed by atoms with van der Waals surface area (Å²) in [5, 5.41) is 0.688. The molecule has 1 aromatic heterocycles. The molecule has 0 fully saturated rings. The quantitative estimate of drug-likeness (QED) is 0.414. The van der Waals surface area contributed by atoms with Crippen LogP contribution in [0.4, 0.5) is 0 Å². The van der Waals surface area contributed by atoms with Gasteiger partial charge in [0.05, 0.1) is 10.4 Å². The summed E-state index contributed by atoms with van der Waals surface area (Å²) < 4.78 is 28.4. The van der Waals surface area contributed by atoms with Crippen LogP contribution in [0.25, 0.3) is 22.0 Å². The van der Waals surface area contributed by atoms with E-state index in [1.54, 1.807) is 42.6 Å². The first-order valence-electron chi connectivity index (χ1n) is 10.5. The van der Waals surface area contributed by atoms with Crippen LogP contribution < -0.4 is 0 Å². The normalized spacial score (nSPS) is 13.5. The molecule has 0 saturated carbocycles. The first-order valence-corrected chi connectivity index (χ1v) is 12.0. The lowest BCUT2D eigenvalue weighted by Gasteiger charge is -2.18. The minimum absolute atomic E-state index is 0.178. The van der Waals surface area contributed by atoms with Gasteiger partial charge in [0.1, 0.15) is 0 Å². The number of aromatic nitrogens is 1. The Labute approximate surface area is 192 Å². The van der Waals surface area contributed by atoms with Gasteiger partial charge in [-0.3, -0.25) is 9.59 Å². The van der Waals surface area contributed by atoms with Gasteiger partial charge in [-0.2, -0.15) is 0 Å². The van der Waals surface area contributed by atoms with Crippen molar-refractivity contribution in [2.75, 3.05) is 0 Å². The molecule has 6 heteroatoms. The first kappa shape index (κ1) is 21.1. The predicted molar refractivity (Wildman–Crippen MR) is 128 cm³/mol. The molecule has 0 spiro atoms. The second kappa shape index (κ2) is 7.39. The highest BCUT2D eigenvalue weighted by atomic mass is 32.2. The van der Waals surface area contributed by atoms with Crippen molar-refractivity contribution in [2.24, 2.45) is 0 Å². The third-order valence-corrected chi connectivity index (χ3v) is 7.96. The van der Waals surface area contributed by atoms with Gasteiger partial charge in [0.15, 0.2) is 11.6 Å². The molecule has 164 valence electrons. The number of rotatable bonds is 3. The highest BCUT2D eigenvalue weighted by Gasteiger charge is 2.29. The van der Waals surface area contributed by atoms with Gasteiger partial charge in [0, 0.05) is 28.3 Å². The van der Waals surface area contributed by atoms with Crippen LogP contribution in [0.15, 0.2) is 77.8 Å². The zero-order chi connectivity index (χ0) is 23.5. The van der Waals surface area contributed by atoms with E-state index in [9.17, 15) is 18.0 Å². The van der Waals surface area contributed by atoms with Gasteiger partial charge in [-0.05, 0) is 67.8 Å². The lowest BCUT2D eigenvalue weighted by molar-refractivity contribution is 0.0994. The fraction of sp³-hybridized carbons (Fsp3) is 0.111. The van der Waals surface area contributed by atoms with Crippen LogP contribution in [0, 0.1) is 20.8 Å². The SMILES string of the molecule is Cc1ccc(S(=O)(=O)n2cc(-c3cc(C)c(C)c4c3C(=O)C=CC4=O)c3ccccc32)cc1. The molecule has 0 saturated heterocycles. The van der Waals surface area contributed by atoms with Crippen LogP contribution >= 0.6 is 0 Å². The molecular formula is C27H21NO4S. The average molecular weight is 456 g/mol. The van der Waals surface area contributed by atoms with Crippen molar-refractivity contribution >= 4 is 32.5 Å². The lowest BCUT2D eigenvalue weighted by Crippen LogP contribution is -2.16. The molecule has 1 aliphatic rings. The van der Waals surface area contributed by atoms with E-state index in [1.165, 1.54) is 16.1 Å². The van der Waals surface area contributed by atoms with Crippen molar-refractivity contribution in [3.05, 3.63) is 101 Å². The van der Waals surface area contributed by atoms with Crippen LogP contribution in [-0.4, -0.2) is 24.0 Å².